The zero-order valence-electron chi connectivity index (χ0n) is 14.9. The Morgan fingerprint density at radius 2 is 1.92 bits per heavy atom. The van der Waals surface area contributed by atoms with Gasteiger partial charge in [0.1, 0.15) is 12.1 Å². The summed E-state index contributed by atoms with van der Waals surface area (Å²) in [5.41, 5.74) is 3.87. The van der Waals surface area contributed by atoms with Crippen molar-refractivity contribution in [2.24, 2.45) is 11.0 Å². The standard InChI is InChI=1S/C18H21ClN6O/c1-13(2)9-18(26)25-7-5-24(6-8-25)17-4-3-14(10-16(17)19)22-23-15(11-20)12-21/h3-4,10,13,22H,5-9H2,1-2H3. The van der Waals surface area contributed by atoms with Crippen molar-refractivity contribution < 1.29 is 4.79 Å². The normalized spacial score (nSPS) is 13.8. The molecule has 0 aliphatic carbocycles. The van der Waals surface area contributed by atoms with Gasteiger partial charge in [0.25, 0.3) is 0 Å². The van der Waals surface area contributed by atoms with Gasteiger partial charge in [-0.1, -0.05) is 25.4 Å². The molecule has 136 valence electrons. The number of hydrogen-bond donors (Lipinski definition) is 1. The minimum Gasteiger partial charge on any atom is -0.367 e. The topological polar surface area (TPSA) is 95.5 Å². The van der Waals surface area contributed by atoms with Crippen LogP contribution in [0.3, 0.4) is 0 Å². The first kappa shape index (κ1) is 19.6. The van der Waals surface area contributed by atoms with Crippen LogP contribution in [0, 0.1) is 28.6 Å². The lowest BCUT2D eigenvalue weighted by Crippen LogP contribution is -2.49. The van der Waals surface area contributed by atoms with Gasteiger partial charge in [0.05, 0.1) is 16.4 Å². The molecule has 1 aromatic carbocycles. The van der Waals surface area contributed by atoms with E-state index in [1.54, 1.807) is 24.3 Å². The fraction of sp³-hybridized carbons (Fsp3) is 0.444. The number of nitriles is 2. The van der Waals surface area contributed by atoms with E-state index >= 15 is 0 Å². The number of hydrogen-bond acceptors (Lipinski definition) is 6. The molecule has 1 fully saturated rings. The number of nitrogens with zero attached hydrogens (tertiary/aromatic N) is 5. The highest BCUT2D eigenvalue weighted by Gasteiger charge is 2.22. The summed E-state index contributed by atoms with van der Waals surface area (Å²) in [6, 6.07) is 8.70. The van der Waals surface area contributed by atoms with Crippen molar-refractivity contribution in [3.8, 4) is 12.1 Å². The van der Waals surface area contributed by atoms with Gasteiger partial charge in [-0.25, -0.2) is 0 Å². The summed E-state index contributed by atoms with van der Waals surface area (Å²) in [4.78, 5) is 16.2. The number of carbonyl (C=O) groups is 1. The molecular formula is C18H21ClN6O. The summed E-state index contributed by atoms with van der Waals surface area (Å²) in [7, 11) is 0. The molecular weight excluding hydrogens is 352 g/mol. The maximum Gasteiger partial charge on any atom is 0.237 e. The Labute approximate surface area is 158 Å². The van der Waals surface area contributed by atoms with Gasteiger partial charge in [0, 0.05) is 32.6 Å². The van der Waals surface area contributed by atoms with E-state index in [-0.39, 0.29) is 11.6 Å². The monoisotopic (exact) mass is 372 g/mol. The van der Waals surface area contributed by atoms with Gasteiger partial charge >= 0.3 is 0 Å². The molecule has 0 bridgehead atoms. The third-order valence-electron chi connectivity index (χ3n) is 4.01. The molecule has 8 heteroatoms. The van der Waals surface area contributed by atoms with Crippen LogP contribution in [0.2, 0.25) is 5.02 Å². The molecule has 1 aliphatic heterocycles. The lowest BCUT2D eigenvalue weighted by atomic mass is 10.1. The zero-order chi connectivity index (χ0) is 19.1. The maximum atomic E-state index is 12.2. The molecule has 1 amide bonds. The van der Waals surface area contributed by atoms with Crippen molar-refractivity contribution in [3.63, 3.8) is 0 Å². The summed E-state index contributed by atoms with van der Waals surface area (Å²) in [5, 5.41) is 21.6. The van der Waals surface area contributed by atoms with Crippen LogP contribution >= 0.6 is 11.6 Å². The average molecular weight is 373 g/mol. The number of amides is 1. The molecule has 0 radical (unpaired) electrons. The van der Waals surface area contributed by atoms with Gasteiger partial charge in [-0.3, -0.25) is 10.2 Å². The average Bonchev–Trinajstić information content (AvgIpc) is 2.62. The second-order valence-corrected chi connectivity index (χ2v) is 6.84. The molecule has 26 heavy (non-hydrogen) atoms. The number of rotatable bonds is 5. The Kier molecular flexibility index (Phi) is 6.82. The summed E-state index contributed by atoms with van der Waals surface area (Å²) in [6.07, 6.45) is 0.578. The minimum absolute atomic E-state index is 0.203. The smallest absolute Gasteiger partial charge is 0.237 e. The van der Waals surface area contributed by atoms with Gasteiger partial charge in [-0.2, -0.15) is 15.6 Å². The number of nitrogens with one attached hydrogen (secondary N) is 1. The third kappa shape index (κ3) is 5.11. The number of benzene rings is 1. The quantitative estimate of drug-likeness (QED) is 0.633. The van der Waals surface area contributed by atoms with Crippen LogP contribution in [0.1, 0.15) is 20.3 Å². The van der Waals surface area contributed by atoms with E-state index in [2.05, 4.69) is 15.4 Å². The van der Waals surface area contributed by atoms with Crippen molar-refractivity contribution in [1.29, 1.82) is 10.5 Å². The van der Waals surface area contributed by atoms with Gasteiger partial charge in [0.15, 0.2) is 0 Å². The maximum absolute atomic E-state index is 12.2. The van der Waals surface area contributed by atoms with E-state index in [0.29, 0.717) is 36.1 Å². The molecule has 7 nitrogen and oxygen atoms in total. The molecule has 1 saturated heterocycles. The van der Waals surface area contributed by atoms with E-state index in [1.807, 2.05) is 24.8 Å². The second kappa shape index (κ2) is 9.07. The van der Waals surface area contributed by atoms with Crippen LogP contribution in [-0.4, -0.2) is 42.7 Å². The zero-order valence-corrected chi connectivity index (χ0v) is 15.6. The molecule has 0 aromatic heterocycles. The second-order valence-electron chi connectivity index (χ2n) is 6.43. The lowest BCUT2D eigenvalue weighted by molar-refractivity contribution is -0.132. The molecule has 0 unspecified atom stereocenters. The highest BCUT2D eigenvalue weighted by Crippen LogP contribution is 2.29. The van der Waals surface area contributed by atoms with Crippen molar-refractivity contribution >= 4 is 34.6 Å². The molecule has 0 atom stereocenters. The van der Waals surface area contributed by atoms with Gasteiger partial charge in [-0.15, -0.1) is 0 Å². The van der Waals surface area contributed by atoms with Crippen LogP contribution in [-0.2, 0) is 4.79 Å². The van der Waals surface area contributed by atoms with Gasteiger partial charge < -0.3 is 9.80 Å². The fourth-order valence-corrected chi connectivity index (χ4v) is 3.00. The summed E-state index contributed by atoms with van der Waals surface area (Å²) in [5.74, 6) is 0.564. The molecule has 2 rings (SSSR count). The van der Waals surface area contributed by atoms with Crippen LogP contribution in [0.25, 0.3) is 0 Å². The lowest BCUT2D eigenvalue weighted by Gasteiger charge is -2.36. The van der Waals surface area contributed by atoms with E-state index < -0.39 is 0 Å². The molecule has 1 N–H and O–H groups in total. The molecule has 0 saturated carbocycles. The van der Waals surface area contributed by atoms with Gasteiger partial charge in [0.2, 0.25) is 11.6 Å². The van der Waals surface area contributed by atoms with Crippen molar-refractivity contribution in [2.75, 3.05) is 36.5 Å². The Hall–Kier alpha value is -2.77. The first-order valence-corrected chi connectivity index (χ1v) is 8.78. The first-order valence-electron chi connectivity index (χ1n) is 8.40. The van der Waals surface area contributed by atoms with E-state index in [9.17, 15) is 4.79 Å². The Bertz CT molecular complexity index is 753. The Morgan fingerprint density at radius 1 is 1.27 bits per heavy atom. The highest BCUT2D eigenvalue weighted by atomic mass is 35.5. The number of piperazine rings is 1. The predicted octanol–water partition coefficient (Wildman–Crippen LogP) is 2.85. The van der Waals surface area contributed by atoms with Crippen LogP contribution in [0.4, 0.5) is 11.4 Å². The number of halogens is 1. The number of carbonyl (C=O) groups excluding carboxylic acids is 1. The summed E-state index contributed by atoms with van der Waals surface area (Å²) >= 11 is 6.37. The first-order chi connectivity index (χ1) is 12.4. The van der Waals surface area contributed by atoms with E-state index in [4.69, 9.17) is 22.1 Å². The van der Waals surface area contributed by atoms with Crippen LogP contribution < -0.4 is 10.3 Å². The van der Waals surface area contributed by atoms with Crippen molar-refractivity contribution in [3.05, 3.63) is 23.2 Å². The highest BCUT2D eigenvalue weighted by molar-refractivity contribution is 6.33. The van der Waals surface area contributed by atoms with Crippen LogP contribution in [0.15, 0.2) is 23.3 Å². The SMILES string of the molecule is CC(C)CC(=O)N1CCN(c2ccc(NN=C(C#N)C#N)cc2Cl)CC1. The third-order valence-corrected chi connectivity index (χ3v) is 4.31. The summed E-state index contributed by atoms with van der Waals surface area (Å²) in [6.45, 7) is 6.90. The van der Waals surface area contributed by atoms with Crippen LogP contribution in [0.5, 0.6) is 0 Å². The number of hydrazone groups is 1. The van der Waals surface area contributed by atoms with Gasteiger partial charge in [-0.05, 0) is 24.1 Å². The van der Waals surface area contributed by atoms with Crippen molar-refractivity contribution in [2.45, 2.75) is 20.3 Å². The Morgan fingerprint density at radius 3 is 2.46 bits per heavy atom. The largest absolute Gasteiger partial charge is 0.367 e. The summed E-state index contributed by atoms with van der Waals surface area (Å²) < 4.78 is 0. The van der Waals surface area contributed by atoms with E-state index in [1.165, 1.54) is 0 Å². The Balaban J connectivity index is 1.99. The predicted molar refractivity (Wildman–Crippen MR) is 102 cm³/mol. The number of anilines is 2. The molecule has 1 aliphatic rings. The fourth-order valence-electron chi connectivity index (χ4n) is 2.70. The molecule has 0 spiro atoms. The van der Waals surface area contributed by atoms with Crippen molar-refractivity contribution in [1.82, 2.24) is 4.90 Å². The minimum atomic E-state index is -0.257. The van der Waals surface area contributed by atoms with E-state index in [0.717, 1.165) is 18.8 Å². The molecule has 1 heterocycles. The molecule has 1 aromatic rings.